The van der Waals surface area contributed by atoms with Crippen LogP contribution in [0.15, 0.2) is 53.6 Å². The largest absolute Gasteiger partial charge is 0.493 e. The van der Waals surface area contributed by atoms with Crippen LogP contribution in [0.4, 0.5) is 0 Å². The van der Waals surface area contributed by atoms with Crippen molar-refractivity contribution in [2.45, 2.75) is 10.8 Å². The molecule has 0 bridgehead atoms. The number of hydrogen-bond acceptors (Lipinski definition) is 5. The van der Waals surface area contributed by atoms with Gasteiger partial charge in [0, 0.05) is 11.3 Å². The van der Waals surface area contributed by atoms with Crippen molar-refractivity contribution in [1.29, 1.82) is 0 Å². The summed E-state index contributed by atoms with van der Waals surface area (Å²) in [5.41, 5.74) is 2.76. The van der Waals surface area contributed by atoms with E-state index in [-0.39, 0.29) is 0 Å². The van der Waals surface area contributed by atoms with Crippen molar-refractivity contribution in [2.75, 3.05) is 14.2 Å². The summed E-state index contributed by atoms with van der Waals surface area (Å²) in [5, 5.41) is 10.5. The first-order chi connectivity index (χ1) is 12.6. The van der Waals surface area contributed by atoms with Crippen LogP contribution in [0.3, 0.4) is 0 Å². The number of halogens is 2. The molecule has 0 saturated carbocycles. The molecule has 134 valence electrons. The van der Waals surface area contributed by atoms with Crippen molar-refractivity contribution >= 4 is 35.0 Å². The number of nitrogens with zero attached hydrogens (tertiary/aromatic N) is 2. The van der Waals surface area contributed by atoms with Crippen molar-refractivity contribution in [1.82, 2.24) is 10.2 Å². The maximum Gasteiger partial charge on any atom is 0.161 e. The third kappa shape index (κ3) is 4.41. The lowest BCUT2D eigenvalue weighted by Crippen LogP contribution is -1.93. The summed E-state index contributed by atoms with van der Waals surface area (Å²) in [6.07, 6.45) is 0. The molecule has 7 heteroatoms. The molecule has 0 spiro atoms. The Labute approximate surface area is 166 Å². The summed E-state index contributed by atoms with van der Waals surface area (Å²) in [6, 6.07) is 15.1. The molecule has 0 saturated heterocycles. The number of methoxy groups -OCH3 is 2. The predicted molar refractivity (Wildman–Crippen MR) is 107 cm³/mol. The SMILES string of the molecule is COc1ccc(-c2ccc(SCc3ccc(Cl)c(Cl)c3)nn2)cc1OC. The van der Waals surface area contributed by atoms with E-state index in [9.17, 15) is 0 Å². The van der Waals surface area contributed by atoms with Crippen LogP contribution in [0.5, 0.6) is 11.5 Å². The molecular weight excluding hydrogens is 391 g/mol. The highest BCUT2D eigenvalue weighted by molar-refractivity contribution is 7.98. The Kier molecular flexibility index (Phi) is 6.25. The van der Waals surface area contributed by atoms with Crippen LogP contribution in [0, 0.1) is 0 Å². The summed E-state index contributed by atoms with van der Waals surface area (Å²) in [6.45, 7) is 0. The fourth-order valence-electron chi connectivity index (χ4n) is 2.33. The monoisotopic (exact) mass is 406 g/mol. The van der Waals surface area contributed by atoms with Gasteiger partial charge in [-0.15, -0.1) is 10.2 Å². The quantitative estimate of drug-likeness (QED) is 0.486. The number of ether oxygens (including phenoxy) is 2. The highest BCUT2D eigenvalue weighted by Crippen LogP contribution is 2.32. The molecule has 0 fully saturated rings. The van der Waals surface area contributed by atoms with E-state index in [1.807, 2.05) is 42.5 Å². The third-order valence-electron chi connectivity index (χ3n) is 3.69. The van der Waals surface area contributed by atoms with Gasteiger partial charge in [0.1, 0.15) is 5.03 Å². The van der Waals surface area contributed by atoms with Crippen LogP contribution in [-0.2, 0) is 5.75 Å². The maximum absolute atomic E-state index is 6.04. The Morgan fingerprint density at radius 1 is 0.846 bits per heavy atom. The Bertz CT molecular complexity index is 905. The van der Waals surface area contributed by atoms with Crippen LogP contribution in [0.2, 0.25) is 10.0 Å². The minimum absolute atomic E-state index is 0.555. The molecule has 0 atom stereocenters. The van der Waals surface area contributed by atoms with Gasteiger partial charge in [0.05, 0.1) is 30.0 Å². The average molecular weight is 407 g/mol. The van der Waals surface area contributed by atoms with Gasteiger partial charge in [-0.2, -0.15) is 0 Å². The second kappa shape index (κ2) is 8.62. The Hall–Kier alpha value is -1.95. The second-order valence-electron chi connectivity index (χ2n) is 5.36. The molecule has 1 aromatic heterocycles. The first-order valence-electron chi connectivity index (χ1n) is 7.73. The van der Waals surface area contributed by atoms with Gasteiger partial charge >= 0.3 is 0 Å². The van der Waals surface area contributed by atoms with E-state index in [4.69, 9.17) is 32.7 Å². The molecular formula is C19H16Cl2N2O2S. The van der Waals surface area contributed by atoms with Gasteiger partial charge in [-0.25, -0.2) is 0 Å². The van der Waals surface area contributed by atoms with Gasteiger partial charge in [-0.3, -0.25) is 0 Å². The lowest BCUT2D eigenvalue weighted by Gasteiger charge is -2.09. The highest BCUT2D eigenvalue weighted by atomic mass is 35.5. The van der Waals surface area contributed by atoms with E-state index in [2.05, 4.69) is 10.2 Å². The predicted octanol–water partition coefficient (Wildman–Crippen LogP) is 5.76. The molecule has 0 N–H and O–H groups in total. The standard InChI is InChI=1S/C19H16Cl2N2O2S/c1-24-17-7-4-13(10-18(17)25-2)16-6-8-19(23-22-16)26-11-12-3-5-14(20)15(21)9-12/h3-10H,11H2,1-2H3. The van der Waals surface area contributed by atoms with E-state index >= 15 is 0 Å². The molecule has 0 aliphatic heterocycles. The van der Waals surface area contributed by atoms with E-state index in [0.717, 1.165) is 27.6 Å². The molecule has 0 unspecified atom stereocenters. The molecule has 26 heavy (non-hydrogen) atoms. The fourth-order valence-corrected chi connectivity index (χ4v) is 3.41. The third-order valence-corrected chi connectivity index (χ3v) is 5.42. The zero-order valence-corrected chi connectivity index (χ0v) is 16.5. The van der Waals surface area contributed by atoms with Crippen molar-refractivity contribution in [3.63, 3.8) is 0 Å². The van der Waals surface area contributed by atoms with Gasteiger partial charge in [-0.05, 0) is 48.0 Å². The normalized spacial score (nSPS) is 10.6. The van der Waals surface area contributed by atoms with E-state index in [1.54, 1.807) is 32.0 Å². The molecule has 3 rings (SSSR count). The van der Waals surface area contributed by atoms with E-state index < -0.39 is 0 Å². The molecule has 1 heterocycles. The average Bonchev–Trinajstić information content (AvgIpc) is 2.68. The van der Waals surface area contributed by atoms with Crippen molar-refractivity contribution in [3.8, 4) is 22.8 Å². The van der Waals surface area contributed by atoms with Gasteiger partial charge in [0.25, 0.3) is 0 Å². The Balaban J connectivity index is 1.71. The fraction of sp³-hybridized carbons (Fsp3) is 0.158. The minimum atomic E-state index is 0.555. The van der Waals surface area contributed by atoms with Crippen molar-refractivity contribution in [3.05, 3.63) is 64.1 Å². The van der Waals surface area contributed by atoms with Gasteiger partial charge < -0.3 is 9.47 Å². The van der Waals surface area contributed by atoms with Crippen LogP contribution in [0.1, 0.15) is 5.56 Å². The van der Waals surface area contributed by atoms with E-state index in [0.29, 0.717) is 21.5 Å². The lowest BCUT2D eigenvalue weighted by atomic mass is 10.1. The summed E-state index contributed by atoms with van der Waals surface area (Å²) in [7, 11) is 3.22. The first-order valence-corrected chi connectivity index (χ1v) is 9.47. The Morgan fingerprint density at radius 2 is 1.65 bits per heavy atom. The smallest absolute Gasteiger partial charge is 0.161 e. The van der Waals surface area contributed by atoms with Gasteiger partial charge in [0.15, 0.2) is 11.5 Å². The van der Waals surface area contributed by atoms with Crippen LogP contribution < -0.4 is 9.47 Å². The highest BCUT2D eigenvalue weighted by Gasteiger charge is 2.08. The zero-order chi connectivity index (χ0) is 18.5. The molecule has 0 radical (unpaired) electrons. The van der Waals surface area contributed by atoms with Crippen molar-refractivity contribution < 1.29 is 9.47 Å². The number of thioether (sulfide) groups is 1. The lowest BCUT2D eigenvalue weighted by molar-refractivity contribution is 0.355. The van der Waals surface area contributed by atoms with Crippen LogP contribution >= 0.6 is 35.0 Å². The zero-order valence-electron chi connectivity index (χ0n) is 14.2. The van der Waals surface area contributed by atoms with Gasteiger partial charge in [-0.1, -0.05) is 41.0 Å². The molecule has 0 aliphatic rings. The molecule has 3 aromatic rings. The van der Waals surface area contributed by atoms with Crippen LogP contribution in [0.25, 0.3) is 11.3 Å². The summed E-state index contributed by atoms with van der Waals surface area (Å²) >= 11 is 13.6. The number of benzene rings is 2. The number of rotatable bonds is 6. The van der Waals surface area contributed by atoms with Crippen molar-refractivity contribution in [2.24, 2.45) is 0 Å². The van der Waals surface area contributed by atoms with E-state index in [1.165, 1.54) is 0 Å². The number of aromatic nitrogens is 2. The van der Waals surface area contributed by atoms with Crippen LogP contribution in [-0.4, -0.2) is 24.4 Å². The minimum Gasteiger partial charge on any atom is -0.493 e. The molecule has 0 amide bonds. The molecule has 2 aromatic carbocycles. The molecule has 4 nitrogen and oxygen atoms in total. The number of hydrogen-bond donors (Lipinski definition) is 0. The second-order valence-corrected chi connectivity index (χ2v) is 7.17. The maximum atomic E-state index is 6.04. The summed E-state index contributed by atoms with van der Waals surface area (Å²) < 4.78 is 10.6. The Morgan fingerprint density at radius 3 is 2.31 bits per heavy atom. The van der Waals surface area contributed by atoms with Gasteiger partial charge in [0.2, 0.25) is 0 Å². The first kappa shape index (κ1) is 18.8. The molecule has 0 aliphatic carbocycles. The summed E-state index contributed by atoms with van der Waals surface area (Å²) in [5.74, 6) is 2.07. The summed E-state index contributed by atoms with van der Waals surface area (Å²) in [4.78, 5) is 0. The topological polar surface area (TPSA) is 44.2 Å².